The zero-order valence-electron chi connectivity index (χ0n) is 31.8. The number of allylic oxidation sites excluding steroid dienone is 5. The molecule has 3 rings (SSSR count). The molecule has 3 heterocycles. The van der Waals surface area contributed by atoms with Gasteiger partial charge in [0.1, 0.15) is 61.0 Å². The number of aliphatic hydroxyl groups is 9. The lowest BCUT2D eigenvalue weighted by molar-refractivity contribution is -0.362. The molecule has 15 nitrogen and oxygen atoms in total. The fourth-order valence-corrected chi connectivity index (χ4v) is 6.24. The van der Waals surface area contributed by atoms with Gasteiger partial charge in [0.25, 0.3) is 0 Å². The van der Waals surface area contributed by atoms with Gasteiger partial charge in [-0.2, -0.15) is 0 Å². The van der Waals surface area contributed by atoms with Gasteiger partial charge in [-0.1, -0.05) is 41.0 Å². The van der Waals surface area contributed by atoms with Crippen LogP contribution in [0.3, 0.4) is 0 Å². The van der Waals surface area contributed by atoms with Crippen molar-refractivity contribution in [2.75, 3.05) is 13.2 Å². The Kier molecular flexibility index (Phi) is 18.2. The summed E-state index contributed by atoms with van der Waals surface area (Å²) in [5, 5.41) is 94.1. The summed E-state index contributed by atoms with van der Waals surface area (Å²) in [6.45, 7) is 14.1. The molecule has 306 valence electrons. The first-order chi connectivity index (χ1) is 24.9. The molecule has 3 saturated heterocycles. The molecular formula is C38H64O15. The van der Waals surface area contributed by atoms with Crippen LogP contribution in [-0.4, -0.2) is 157 Å². The van der Waals surface area contributed by atoms with E-state index in [0.29, 0.717) is 6.42 Å². The van der Waals surface area contributed by atoms with E-state index in [0.717, 1.165) is 37.7 Å². The molecule has 3 aliphatic heterocycles. The highest BCUT2D eigenvalue weighted by Gasteiger charge is 2.51. The molecule has 0 aromatic rings. The maximum absolute atomic E-state index is 11.1. The van der Waals surface area contributed by atoms with Crippen LogP contribution in [0.15, 0.2) is 47.6 Å². The predicted molar refractivity (Wildman–Crippen MR) is 192 cm³/mol. The maximum Gasteiger partial charge on any atom is 0.187 e. The van der Waals surface area contributed by atoms with Gasteiger partial charge in [-0.3, -0.25) is 0 Å². The second-order valence-corrected chi connectivity index (χ2v) is 15.0. The summed E-state index contributed by atoms with van der Waals surface area (Å²) in [7, 11) is 0. The lowest BCUT2D eigenvalue weighted by atomic mass is 9.97. The smallest absolute Gasteiger partial charge is 0.187 e. The van der Waals surface area contributed by atoms with Gasteiger partial charge in [0.2, 0.25) is 0 Å². The topological polar surface area (TPSA) is 237 Å². The molecule has 0 aromatic heterocycles. The molecule has 15 heteroatoms. The third-order valence-corrected chi connectivity index (χ3v) is 10.1. The standard InChI is InChI=1S/C38H64O15/c1-8-38(7,47)17-11-16-21(3)13-9-12-20(2)14-10-15-22(4)18-48-36-33(46)34(27(40)24(6)51-36)53-37-32(45)30(43)28(41)25(52-37)19-49-35-31(44)29(42)26(39)23(5)50-35/h8,12,15-16,23-37,39-47H,1,9-11,13-14,17-19H2,2-7H3. The molecular weight excluding hydrogens is 696 g/mol. The molecule has 3 aliphatic rings. The second kappa shape index (κ2) is 21.0. The van der Waals surface area contributed by atoms with Crippen LogP contribution in [0.4, 0.5) is 0 Å². The van der Waals surface area contributed by atoms with Crippen molar-refractivity contribution in [1.82, 2.24) is 0 Å². The van der Waals surface area contributed by atoms with Crippen molar-refractivity contribution in [3.8, 4) is 0 Å². The summed E-state index contributed by atoms with van der Waals surface area (Å²) in [4.78, 5) is 0. The molecule has 0 bridgehead atoms. The van der Waals surface area contributed by atoms with Crippen molar-refractivity contribution in [1.29, 1.82) is 0 Å². The van der Waals surface area contributed by atoms with Gasteiger partial charge in [-0.05, 0) is 80.1 Å². The maximum atomic E-state index is 11.1. The number of aliphatic hydroxyl groups excluding tert-OH is 8. The van der Waals surface area contributed by atoms with Gasteiger partial charge >= 0.3 is 0 Å². The van der Waals surface area contributed by atoms with Gasteiger partial charge in [-0.15, -0.1) is 6.58 Å². The molecule has 16 atom stereocenters. The Balaban J connectivity index is 1.50. The van der Waals surface area contributed by atoms with E-state index >= 15 is 0 Å². The highest BCUT2D eigenvalue weighted by molar-refractivity contribution is 5.07. The van der Waals surface area contributed by atoms with E-state index in [1.165, 1.54) is 18.1 Å². The van der Waals surface area contributed by atoms with Gasteiger partial charge in [0.15, 0.2) is 18.9 Å². The van der Waals surface area contributed by atoms with Crippen LogP contribution >= 0.6 is 0 Å². The average molecular weight is 761 g/mol. The van der Waals surface area contributed by atoms with E-state index in [2.05, 4.69) is 32.6 Å². The fourth-order valence-electron chi connectivity index (χ4n) is 6.24. The SMILES string of the molecule is C=CC(C)(O)CCC=C(C)CCC=C(C)CCC=C(C)COC1OC(C)C(O)C(OC2OC(COC3OC(C)C(O)C(O)C3O)C(O)C(O)C2O)C1O. The molecule has 9 N–H and O–H groups in total. The van der Waals surface area contributed by atoms with Gasteiger partial charge < -0.3 is 74.4 Å². The minimum Gasteiger partial charge on any atom is -0.388 e. The average Bonchev–Trinajstić information content (AvgIpc) is 3.11. The minimum absolute atomic E-state index is 0.120. The van der Waals surface area contributed by atoms with Crippen LogP contribution in [0.2, 0.25) is 0 Å². The normalized spacial score (nSPS) is 40.2. The van der Waals surface area contributed by atoms with Crippen molar-refractivity contribution < 1.29 is 74.4 Å². The highest BCUT2D eigenvalue weighted by Crippen LogP contribution is 2.31. The summed E-state index contributed by atoms with van der Waals surface area (Å²) in [6.07, 6.45) is -8.52. The Hall–Kier alpha value is -1.64. The van der Waals surface area contributed by atoms with Gasteiger partial charge in [0, 0.05) is 0 Å². The van der Waals surface area contributed by atoms with Crippen LogP contribution in [-0.2, 0) is 28.4 Å². The summed E-state index contributed by atoms with van der Waals surface area (Å²) < 4.78 is 34.0. The third-order valence-electron chi connectivity index (χ3n) is 10.1. The Morgan fingerprint density at radius 1 is 0.623 bits per heavy atom. The van der Waals surface area contributed by atoms with Crippen LogP contribution < -0.4 is 0 Å². The Morgan fingerprint density at radius 2 is 1.13 bits per heavy atom. The molecule has 53 heavy (non-hydrogen) atoms. The number of hydrogen-bond donors (Lipinski definition) is 9. The molecule has 3 fully saturated rings. The zero-order chi connectivity index (χ0) is 39.6. The van der Waals surface area contributed by atoms with E-state index in [9.17, 15) is 46.0 Å². The minimum atomic E-state index is -1.79. The van der Waals surface area contributed by atoms with E-state index in [1.807, 2.05) is 13.0 Å². The van der Waals surface area contributed by atoms with Crippen molar-refractivity contribution >= 4 is 0 Å². The second-order valence-electron chi connectivity index (χ2n) is 15.0. The van der Waals surface area contributed by atoms with Crippen molar-refractivity contribution in [2.45, 2.75) is 178 Å². The summed E-state index contributed by atoms with van der Waals surface area (Å²) in [5.74, 6) is 0. The quantitative estimate of drug-likeness (QED) is 0.0872. The predicted octanol–water partition coefficient (Wildman–Crippen LogP) is 0.623. The molecule has 0 radical (unpaired) electrons. The van der Waals surface area contributed by atoms with E-state index in [-0.39, 0.29) is 6.61 Å². The number of rotatable bonds is 18. The summed E-state index contributed by atoms with van der Waals surface area (Å²) >= 11 is 0. The third kappa shape index (κ3) is 13.2. The molecule has 16 unspecified atom stereocenters. The van der Waals surface area contributed by atoms with Crippen molar-refractivity contribution in [2.24, 2.45) is 0 Å². The Bertz CT molecular complexity index is 1220. The monoisotopic (exact) mass is 760 g/mol. The summed E-state index contributed by atoms with van der Waals surface area (Å²) in [6, 6.07) is 0. The Labute approximate surface area is 312 Å². The first kappa shape index (κ1) is 45.7. The number of ether oxygens (including phenoxy) is 6. The first-order valence-electron chi connectivity index (χ1n) is 18.5. The van der Waals surface area contributed by atoms with Gasteiger partial charge in [-0.25, -0.2) is 0 Å². The Morgan fingerprint density at radius 3 is 1.74 bits per heavy atom. The molecule has 0 saturated carbocycles. The van der Waals surface area contributed by atoms with E-state index < -0.39 is 104 Å². The van der Waals surface area contributed by atoms with Crippen LogP contribution in [0.25, 0.3) is 0 Å². The lowest BCUT2D eigenvalue weighted by Gasteiger charge is -2.46. The van der Waals surface area contributed by atoms with Crippen molar-refractivity contribution in [3.63, 3.8) is 0 Å². The molecule has 0 spiro atoms. The van der Waals surface area contributed by atoms with Crippen LogP contribution in [0.5, 0.6) is 0 Å². The fraction of sp³-hybridized carbons (Fsp3) is 0.789. The first-order valence-corrected chi connectivity index (χ1v) is 18.5. The number of hydrogen-bond acceptors (Lipinski definition) is 15. The highest BCUT2D eigenvalue weighted by atomic mass is 16.7. The summed E-state index contributed by atoms with van der Waals surface area (Å²) in [5.41, 5.74) is 2.59. The molecule has 0 amide bonds. The van der Waals surface area contributed by atoms with E-state index in [1.54, 1.807) is 19.9 Å². The zero-order valence-corrected chi connectivity index (χ0v) is 31.8. The van der Waals surface area contributed by atoms with Crippen LogP contribution in [0.1, 0.15) is 80.1 Å². The largest absolute Gasteiger partial charge is 0.388 e. The van der Waals surface area contributed by atoms with Crippen molar-refractivity contribution in [3.05, 3.63) is 47.6 Å². The molecule has 0 aliphatic carbocycles. The van der Waals surface area contributed by atoms with Gasteiger partial charge in [0.05, 0.1) is 31.0 Å². The van der Waals surface area contributed by atoms with E-state index in [4.69, 9.17) is 28.4 Å². The van der Waals surface area contributed by atoms with Crippen LogP contribution in [0, 0.1) is 0 Å². The lowest BCUT2D eigenvalue weighted by Crippen LogP contribution is -2.64. The molecule has 0 aromatic carbocycles.